The van der Waals surface area contributed by atoms with Crippen molar-refractivity contribution in [2.45, 2.75) is 46.2 Å². The molecule has 1 aliphatic heterocycles. The number of rotatable bonds is 8. The van der Waals surface area contributed by atoms with Gasteiger partial charge in [0.2, 0.25) is 5.91 Å². The van der Waals surface area contributed by atoms with Crippen LogP contribution in [0.4, 0.5) is 5.69 Å². The monoisotopic (exact) mass is 442 g/mol. The maximum absolute atomic E-state index is 13.6. The third-order valence-electron chi connectivity index (χ3n) is 5.45. The Morgan fingerprint density at radius 2 is 2.03 bits per heavy atom. The van der Waals surface area contributed by atoms with Crippen LogP contribution in [0.15, 0.2) is 30.3 Å². The molecule has 9 nitrogen and oxygen atoms in total. The highest BCUT2D eigenvalue weighted by atomic mass is 16.5. The van der Waals surface area contributed by atoms with Crippen molar-refractivity contribution in [3.63, 3.8) is 0 Å². The van der Waals surface area contributed by atoms with E-state index in [1.807, 2.05) is 0 Å². The van der Waals surface area contributed by atoms with E-state index in [0.717, 1.165) is 6.42 Å². The SMILES string of the molecule is CCOC(=O)c1cc2n(n1)C[C@@](C)(C(=O)NCCC(C)C)N(c1cccc(OC)c1)C2=O. The van der Waals surface area contributed by atoms with Crippen molar-refractivity contribution in [3.8, 4) is 5.75 Å². The summed E-state index contributed by atoms with van der Waals surface area (Å²) in [5.74, 6) is -0.361. The highest BCUT2D eigenvalue weighted by Gasteiger charge is 2.49. The first-order valence-corrected chi connectivity index (χ1v) is 10.7. The number of ether oxygens (including phenoxy) is 2. The number of benzene rings is 1. The Morgan fingerprint density at radius 1 is 1.28 bits per heavy atom. The van der Waals surface area contributed by atoms with Crippen molar-refractivity contribution < 1.29 is 23.9 Å². The van der Waals surface area contributed by atoms with Gasteiger partial charge in [-0.15, -0.1) is 0 Å². The second kappa shape index (κ2) is 9.42. The lowest BCUT2D eigenvalue weighted by Gasteiger charge is -2.43. The maximum Gasteiger partial charge on any atom is 0.358 e. The van der Waals surface area contributed by atoms with Crippen molar-refractivity contribution in [2.24, 2.45) is 5.92 Å². The zero-order chi connectivity index (χ0) is 23.5. The van der Waals surface area contributed by atoms with Crippen LogP contribution in [0, 0.1) is 5.92 Å². The van der Waals surface area contributed by atoms with Gasteiger partial charge >= 0.3 is 5.97 Å². The van der Waals surface area contributed by atoms with Gasteiger partial charge in [0.15, 0.2) is 5.69 Å². The molecule has 0 saturated heterocycles. The fourth-order valence-electron chi connectivity index (χ4n) is 3.71. The van der Waals surface area contributed by atoms with E-state index in [0.29, 0.717) is 23.9 Å². The fraction of sp³-hybridized carbons (Fsp3) is 0.478. The summed E-state index contributed by atoms with van der Waals surface area (Å²) >= 11 is 0. The third kappa shape index (κ3) is 4.46. The molecule has 172 valence electrons. The van der Waals surface area contributed by atoms with Gasteiger partial charge in [0.05, 0.1) is 20.3 Å². The van der Waals surface area contributed by atoms with Crippen molar-refractivity contribution >= 4 is 23.5 Å². The molecule has 1 aliphatic rings. The van der Waals surface area contributed by atoms with Crippen LogP contribution in [0.25, 0.3) is 0 Å². The van der Waals surface area contributed by atoms with E-state index in [-0.39, 0.29) is 30.4 Å². The standard InChI is InChI=1S/C23H30N4O5/c1-6-32-21(29)18-13-19-20(28)27(16-8-7-9-17(12-16)31-5)23(4,14-26(19)25-18)22(30)24-11-10-15(2)3/h7-9,12-13,15H,6,10-11,14H2,1-5H3,(H,24,30)/t23-/m0/s1. The number of hydrogen-bond donors (Lipinski definition) is 1. The van der Waals surface area contributed by atoms with Gasteiger partial charge in [0.1, 0.15) is 17.0 Å². The molecule has 9 heteroatoms. The maximum atomic E-state index is 13.6. The van der Waals surface area contributed by atoms with Crippen molar-refractivity contribution in [2.75, 3.05) is 25.2 Å². The third-order valence-corrected chi connectivity index (χ3v) is 5.45. The summed E-state index contributed by atoms with van der Waals surface area (Å²) in [7, 11) is 1.54. The first-order chi connectivity index (χ1) is 15.2. The number of esters is 1. The second-order valence-electron chi connectivity index (χ2n) is 8.35. The minimum atomic E-state index is -1.27. The first-order valence-electron chi connectivity index (χ1n) is 10.7. The Morgan fingerprint density at radius 3 is 2.69 bits per heavy atom. The average Bonchev–Trinajstić information content (AvgIpc) is 3.18. The molecular weight excluding hydrogens is 412 g/mol. The average molecular weight is 443 g/mol. The molecule has 0 fully saturated rings. The zero-order valence-electron chi connectivity index (χ0n) is 19.2. The molecule has 0 radical (unpaired) electrons. The van der Waals surface area contributed by atoms with E-state index < -0.39 is 17.4 Å². The molecule has 0 saturated carbocycles. The summed E-state index contributed by atoms with van der Waals surface area (Å²) in [6, 6.07) is 8.38. The van der Waals surface area contributed by atoms with E-state index in [9.17, 15) is 14.4 Å². The molecule has 1 atom stereocenters. The minimum absolute atomic E-state index is 0.0326. The minimum Gasteiger partial charge on any atom is -0.497 e. The summed E-state index contributed by atoms with van der Waals surface area (Å²) in [6.45, 7) is 8.32. The van der Waals surface area contributed by atoms with E-state index in [1.54, 1.807) is 38.1 Å². The molecular formula is C23H30N4O5. The van der Waals surface area contributed by atoms with E-state index >= 15 is 0 Å². The number of fused-ring (bicyclic) bond motifs is 1. The molecule has 0 bridgehead atoms. The number of nitrogens with zero attached hydrogens (tertiary/aromatic N) is 3. The highest BCUT2D eigenvalue weighted by Crippen LogP contribution is 2.34. The number of amides is 2. The predicted octanol–water partition coefficient (Wildman–Crippen LogP) is 2.65. The Hall–Kier alpha value is -3.36. The number of hydrogen-bond acceptors (Lipinski definition) is 6. The Bertz CT molecular complexity index is 1020. The van der Waals surface area contributed by atoms with Crippen LogP contribution in [0.2, 0.25) is 0 Å². The number of nitrogens with one attached hydrogen (secondary N) is 1. The van der Waals surface area contributed by atoms with Gasteiger partial charge in [-0.3, -0.25) is 19.2 Å². The fourth-order valence-corrected chi connectivity index (χ4v) is 3.71. The lowest BCUT2D eigenvalue weighted by atomic mass is 9.93. The van der Waals surface area contributed by atoms with Crippen LogP contribution in [-0.2, 0) is 16.1 Å². The summed E-state index contributed by atoms with van der Waals surface area (Å²) < 4.78 is 11.7. The van der Waals surface area contributed by atoms with Gasteiger partial charge in [-0.1, -0.05) is 19.9 Å². The first kappa shape index (κ1) is 23.3. The normalized spacial score (nSPS) is 17.8. The van der Waals surface area contributed by atoms with Gasteiger partial charge in [-0.25, -0.2) is 4.79 Å². The van der Waals surface area contributed by atoms with Crippen LogP contribution in [0.1, 0.15) is 55.1 Å². The van der Waals surface area contributed by atoms with Crippen molar-refractivity contribution in [1.29, 1.82) is 0 Å². The molecule has 0 spiro atoms. The molecule has 0 aliphatic carbocycles. The summed E-state index contributed by atoms with van der Waals surface area (Å²) in [5, 5.41) is 7.21. The summed E-state index contributed by atoms with van der Waals surface area (Å²) in [6.07, 6.45) is 0.814. The Balaban J connectivity index is 2.05. The second-order valence-corrected chi connectivity index (χ2v) is 8.35. The molecule has 2 amide bonds. The number of carbonyl (C=O) groups is 3. The lowest BCUT2D eigenvalue weighted by Crippen LogP contribution is -2.64. The van der Waals surface area contributed by atoms with Gasteiger partial charge in [0.25, 0.3) is 5.91 Å². The van der Waals surface area contributed by atoms with Gasteiger partial charge < -0.3 is 14.8 Å². The number of methoxy groups -OCH3 is 1. The summed E-state index contributed by atoms with van der Waals surface area (Å²) in [4.78, 5) is 40.6. The quantitative estimate of drug-likeness (QED) is 0.631. The smallest absolute Gasteiger partial charge is 0.358 e. The van der Waals surface area contributed by atoms with Crippen LogP contribution >= 0.6 is 0 Å². The molecule has 32 heavy (non-hydrogen) atoms. The van der Waals surface area contributed by atoms with Crippen molar-refractivity contribution in [3.05, 3.63) is 41.7 Å². The number of carbonyl (C=O) groups excluding carboxylic acids is 3. The van der Waals surface area contributed by atoms with Crippen LogP contribution in [0.3, 0.4) is 0 Å². The van der Waals surface area contributed by atoms with Crippen LogP contribution in [0.5, 0.6) is 5.75 Å². The zero-order valence-corrected chi connectivity index (χ0v) is 19.2. The molecule has 2 aromatic rings. The molecule has 3 rings (SSSR count). The number of anilines is 1. The topological polar surface area (TPSA) is 103 Å². The van der Waals surface area contributed by atoms with Gasteiger partial charge in [0, 0.05) is 24.4 Å². The molecule has 1 aromatic carbocycles. The van der Waals surface area contributed by atoms with Crippen LogP contribution in [-0.4, -0.2) is 53.4 Å². The summed E-state index contributed by atoms with van der Waals surface area (Å²) in [5.41, 5.74) is -0.514. The predicted molar refractivity (Wildman–Crippen MR) is 119 cm³/mol. The number of aromatic nitrogens is 2. The largest absolute Gasteiger partial charge is 0.497 e. The van der Waals surface area contributed by atoms with Gasteiger partial charge in [-0.05, 0) is 38.3 Å². The van der Waals surface area contributed by atoms with Gasteiger partial charge in [-0.2, -0.15) is 5.10 Å². The van der Waals surface area contributed by atoms with Crippen LogP contribution < -0.4 is 15.0 Å². The molecule has 0 unspecified atom stereocenters. The molecule has 1 N–H and O–H groups in total. The Kier molecular flexibility index (Phi) is 6.86. The van der Waals surface area contributed by atoms with E-state index in [1.165, 1.54) is 22.8 Å². The molecule has 1 aromatic heterocycles. The molecule has 2 heterocycles. The Labute approximate surface area is 187 Å². The lowest BCUT2D eigenvalue weighted by molar-refractivity contribution is -0.126. The van der Waals surface area contributed by atoms with E-state index in [2.05, 4.69) is 24.3 Å². The highest BCUT2D eigenvalue weighted by molar-refractivity contribution is 6.12. The van der Waals surface area contributed by atoms with Crippen molar-refractivity contribution in [1.82, 2.24) is 15.1 Å². The van der Waals surface area contributed by atoms with E-state index in [4.69, 9.17) is 9.47 Å².